The van der Waals surface area contributed by atoms with Crippen molar-refractivity contribution in [2.45, 2.75) is 0 Å². The number of rotatable bonds is 5. The first-order valence-electron chi connectivity index (χ1n) is 8.40. The number of nitrogens with two attached hydrogens (primary N) is 1. The van der Waals surface area contributed by atoms with Gasteiger partial charge in [0.1, 0.15) is 17.5 Å². The van der Waals surface area contributed by atoms with E-state index in [1.807, 2.05) is 0 Å². The maximum atomic E-state index is 9.70. The average Bonchev–Trinajstić information content (AvgIpc) is 2.73. The first-order chi connectivity index (χ1) is 13.9. The third kappa shape index (κ3) is 3.75. The summed E-state index contributed by atoms with van der Waals surface area (Å²) in [6.07, 6.45) is 0. The van der Waals surface area contributed by atoms with E-state index in [1.165, 1.54) is 21.3 Å². The highest BCUT2D eigenvalue weighted by molar-refractivity contribution is 6.35. The molecule has 2 aromatic carbocycles. The van der Waals surface area contributed by atoms with Crippen molar-refractivity contribution in [2.24, 2.45) is 0 Å². The molecule has 1 heterocycles. The number of halogens is 2. The maximum Gasteiger partial charge on any atom is 0.203 e. The molecule has 0 atom stereocenters. The number of nitriles is 1. The van der Waals surface area contributed by atoms with Crippen LogP contribution in [0.15, 0.2) is 36.4 Å². The minimum absolute atomic E-state index is 0.0629. The molecule has 0 bridgehead atoms. The number of methoxy groups -OCH3 is 3. The molecule has 0 amide bonds. The summed E-state index contributed by atoms with van der Waals surface area (Å²) in [4.78, 5) is 4.35. The van der Waals surface area contributed by atoms with Gasteiger partial charge in [0.25, 0.3) is 0 Å². The van der Waals surface area contributed by atoms with Crippen LogP contribution in [0.2, 0.25) is 10.0 Å². The molecule has 8 heteroatoms. The summed E-state index contributed by atoms with van der Waals surface area (Å²) in [5.41, 5.74) is 8.49. The van der Waals surface area contributed by atoms with Crippen LogP contribution in [0.5, 0.6) is 17.2 Å². The quantitative estimate of drug-likeness (QED) is 0.598. The van der Waals surface area contributed by atoms with Gasteiger partial charge in [-0.3, -0.25) is 0 Å². The van der Waals surface area contributed by atoms with Crippen molar-refractivity contribution in [1.82, 2.24) is 4.98 Å². The number of nitrogen functional groups attached to an aromatic ring is 1. The van der Waals surface area contributed by atoms with Gasteiger partial charge in [-0.05, 0) is 36.4 Å². The minimum Gasteiger partial charge on any atom is -0.493 e. The molecule has 3 rings (SSSR count). The zero-order valence-electron chi connectivity index (χ0n) is 15.9. The zero-order chi connectivity index (χ0) is 21.1. The molecule has 1 aromatic heterocycles. The standard InChI is InChI=1S/C21H17Cl2N3O3/c1-27-18-7-5-12(19(28-2)20(18)29-3)13-9-17(26-21(25)15(13)10-24)14-8-11(22)4-6-16(14)23/h4-9H,1-3H3,(H2,25,26). The molecule has 148 valence electrons. The van der Waals surface area contributed by atoms with Crippen LogP contribution in [0.3, 0.4) is 0 Å². The largest absolute Gasteiger partial charge is 0.493 e. The van der Waals surface area contributed by atoms with Gasteiger partial charge in [0.05, 0.1) is 32.0 Å². The lowest BCUT2D eigenvalue weighted by atomic mass is 9.97. The van der Waals surface area contributed by atoms with Crippen molar-refractivity contribution in [3.8, 4) is 45.7 Å². The number of hydrogen-bond donors (Lipinski definition) is 1. The van der Waals surface area contributed by atoms with Crippen LogP contribution in [-0.2, 0) is 0 Å². The number of hydrogen-bond acceptors (Lipinski definition) is 6. The zero-order valence-corrected chi connectivity index (χ0v) is 17.4. The fourth-order valence-corrected chi connectivity index (χ4v) is 3.43. The van der Waals surface area contributed by atoms with Crippen LogP contribution in [0.25, 0.3) is 22.4 Å². The summed E-state index contributed by atoms with van der Waals surface area (Å²) in [6, 6.07) is 12.4. The first-order valence-corrected chi connectivity index (χ1v) is 9.16. The number of pyridine rings is 1. The summed E-state index contributed by atoms with van der Waals surface area (Å²) in [7, 11) is 4.54. The van der Waals surface area contributed by atoms with E-state index in [0.717, 1.165) is 0 Å². The smallest absolute Gasteiger partial charge is 0.203 e. The highest BCUT2D eigenvalue weighted by atomic mass is 35.5. The Morgan fingerprint density at radius 1 is 0.897 bits per heavy atom. The highest BCUT2D eigenvalue weighted by Gasteiger charge is 2.22. The Hall–Kier alpha value is -3.14. The molecular weight excluding hydrogens is 413 g/mol. The van der Waals surface area contributed by atoms with Crippen molar-refractivity contribution >= 4 is 29.0 Å². The van der Waals surface area contributed by atoms with Gasteiger partial charge in [0.2, 0.25) is 5.75 Å². The lowest BCUT2D eigenvalue weighted by molar-refractivity contribution is 0.325. The Morgan fingerprint density at radius 2 is 1.62 bits per heavy atom. The molecule has 3 aromatic rings. The van der Waals surface area contributed by atoms with Crippen molar-refractivity contribution in [3.05, 3.63) is 52.0 Å². The number of benzene rings is 2. The SMILES string of the molecule is COc1ccc(-c2cc(-c3cc(Cl)ccc3Cl)nc(N)c2C#N)c(OC)c1OC. The molecule has 29 heavy (non-hydrogen) atoms. The summed E-state index contributed by atoms with van der Waals surface area (Å²) in [6.45, 7) is 0. The Kier molecular flexibility index (Phi) is 6.02. The molecule has 0 radical (unpaired) electrons. The number of aromatic nitrogens is 1. The second kappa shape index (κ2) is 8.48. The van der Waals surface area contributed by atoms with Gasteiger partial charge in [0, 0.05) is 21.7 Å². The molecule has 0 aliphatic heterocycles. The van der Waals surface area contributed by atoms with Crippen molar-refractivity contribution in [1.29, 1.82) is 5.26 Å². The van der Waals surface area contributed by atoms with E-state index in [-0.39, 0.29) is 11.4 Å². The molecule has 6 nitrogen and oxygen atoms in total. The van der Waals surface area contributed by atoms with Gasteiger partial charge in [-0.2, -0.15) is 5.26 Å². The summed E-state index contributed by atoms with van der Waals surface area (Å²) in [5, 5.41) is 10.7. The van der Waals surface area contributed by atoms with E-state index in [2.05, 4.69) is 11.1 Å². The molecule has 0 aliphatic rings. The molecule has 0 saturated heterocycles. The van der Waals surface area contributed by atoms with Gasteiger partial charge in [-0.25, -0.2) is 4.98 Å². The number of nitrogens with zero attached hydrogens (tertiary/aromatic N) is 2. The van der Waals surface area contributed by atoms with Crippen molar-refractivity contribution < 1.29 is 14.2 Å². The van der Waals surface area contributed by atoms with Gasteiger partial charge in [-0.1, -0.05) is 23.2 Å². The van der Waals surface area contributed by atoms with Gasteiger partial charge in [-0.15, -0.1) is 0 Å². The molecule has 2 N–H and O–H groups in total. The Balaban J connectivity index is 2.35. The maximum absolute atomic E-state index is 9.70. The molecule has 0 unspecified atom stereocenters. The summed E-state index contributed by atoms with van der Waals surface area (Å²) >= 11 is 12.5. The molecule has 0 fully saturated rings. The molecule has 0 saturated carbocycles. The van der Waals surface area contributed by atoms with Crippen molar-refractivity contribution in [3.63, 3.8) is 0 Å². The average molecular weight is 430 g/mol. The van der Waals surface area contributed by atoms with E-state index in [9.17, 15) is 5.26 Å². The topological polar surface area (TPSA) is 90.4 Å². The fourth-order valence-electron chi connectivity index (χ4n) is 3.04. The van der Waals surface area contributed by atoms with Crippen LogP contribution in [-0.4, -0.2) is 26.3 Å². The van der Waals surface area contributed by atoms with E-state index >= 15 is 0 Å². The third-order valence-electron chi connectivity index (χ3n) is 4.36. The van der Waals surface area contributed by atoms with Crippen LogP contribution in [0, 0.1) is 11.3 Å². The van der Waals surface area contributed by atoms with E-state index in [1.54, 1.807) is 36.4 Å². The van der Waals surface area contributed by atoms with E-state index in [0.29, 0.717) is 49.7 Å². The highest BCUT2D eigenvalue weighted by Crippen LogP contribution is 2.46. The van der Waals surface area contributed by atoms with Crippen LogP contribution in [0.1, 0.15) is 5.56 Å². The normalized spacial score (nSPS) is 10.3. The third-order valence-corrected chi connectivity index (χ3v) is 4.92. The summed E-state index contributed by atoms with van der Waals surface area (Å²) < 4.78 is 16.4. The molecular formula is C21H17Cl2N3O3. The molecule has 0 spiro atoms. The lowest BCUT2D eigenvalue weighted by Gasteiger charge is -2.17. The van der Waals surface area contributed by atoms with Gasteiger partial charge >= 0.3 is 0 Å². The second-order valence-corrected chi connectivity index (χ2v) is 6.78. The monoisotopic (exact) mass is 429 g/mol. The van der Waals surface area contributed by atoms with Gasteiger partial charge < -0.3 is 19.9 Å². The van der Waals surface area contributed by atoms with E-state index in [4.69, 9.17) is 43.1 Å². The predicted molar refractivity (Wildman–Crippen MR) is 114 cm³/mol. The van der Waals surface area contributed by atoms with Crippen LogP contribution in [0.4, 0.5) is 5.82 Å². The number of anilines is 1. The fraction of sp³-hybridized carbons (Fsp3) is 0.143. The second-order valence-electron chi connectivity index (χ2n) is 5.93. The van der Waals surface area contributed by atoms with E-state index < -0.39 is 0 Å². The van der Waals surface area contributed by atoms with Crippen LogP contribution < -0.4 is 19.9 Å². The lowest BCUT2D eigenvalue weighted by Crippen LogP contribution is -2.02. The first kappa shape index (κ1) is 20.6. The Morgan fingerprint density at radius 3 is 2.24 bits per heavy atom. The molecule has 0 aliphatic carbocycles. The Labute approximate surface area is 178 Å². The minimum atomic E-state index is 0.0629. The number of ether oxygens (including phenoxy) is 3. The van der Waals surface area contributed by atoms with Gasteiger partial charge in [0.15, 0.2) is 11.5 Å². The predicted octanol–water partition coefficient (Wildman–Crippen LogP) is 5.20. The summed E-state index contributed by atoms with van der Waals surface area (Å²) in [5.74, 6) is 1.35. The van der Waals surface area contributed by atoms with Crippen molar-refractivity contribution in [2.75, 3.05) is 27.1 Å². The Bertz CT molecular complexity index is 1130. The van der Waals surface area contributed by atoms with Crippen LogP contribution >= 0.6 is 23.2 Å².